The lowest BCUT2D eigenvalue weighted by Crippen LogP contribution is -2.15. The van der Waals surface area contributed by atoms with Crippen molar-refractivity contribution in [2.75, 3.05) is 18.2 Å². The molecule has 2 aromatic rings. The number of methoxy groups -OCH3 is 1. The third kappa shape index (κ3) is 4.40. The number of thioether (sulfide) groups is 1. The normalized spacial score (nSPS) is 10.0. The zero-order valence-electron chi connectivity index (χ0n) is 12.5. The Labute approximate surface area is 135 Å². The lowest BCUT2D eigenvalue weighted by atomic mass is 10.1. The molecule has 0 saturated carbocycles. The maximum Gasteiger partial charge on any atom is 0.228 e. The number of anilines is 1. The molecule has 0 atom stereocenters. The van der Waals surface area contributed by atoms with E-state index in [2.05, 4.69) is 11.9 Å². The first-order valence-electron chi connectivity index (χ1n) is 6.99. The molecule has 0 saturated heterocycles. The van der Waals surface area contributed by atoms with Gasteiger partial charge in [-0.05, 0) is 18.2 Å². The van der Waals surface area contributed by atoms with Crippen molar-refractivity contribution in [3.63, 3.8) is 0 Å². The van der Waals surface area contributed by atoms with Gasteiger partial charge in [-0.25, -0.2) is 0 Å². The van der Waals surface area contributed by atoms with Crippen molar-refractivity contribution in [2.24, 2.45) is 0 Å². The molecule has 114 valence electrons. The summed E-state index contributed by atoms with van der Waals surface area (Å²) in [6, 6.07) is 15.3. The summed E-state index contributed by atoms with van der Waals surface area (Å²) in [5, 5.41) is 2.97. The van der Waals surface area contributed by atoms with Gasteiger partial charge in [0.25, 0.3) is 0 Å². The number of hydrogen-bond donors (Lipinski definition) is 1. The molecule has 0 heterocycles. The van der Waals surface area contributed by atoms with Gasteiger partial charge in [0.15, 0.2) is 0 Å². The number of carbonyl (C=O) groups is 1. The van der Waals surface area contributed by atoms with Crippen LogP contribution in [0.2, 0.25) is 0 Å². The molecule has 22 heavy (non-hydrogen) atoms. The van der Waals surface area contributed by atoms with E-state index in [-0.39, 0.29) is 12.3 Å². The summed E-state index contributed by atoms with van der Waals surface area (Å²) in [5.41, 5.74) is 1.70. The molecule has 0 aliphatic carbocycles. The number of amides is 1. The highest BCUT2D eigenvalue weighted by Gasteiger charge is 2.10. The first-order valence-corrected chi connectivity index (χ1v) is 7.97. The SMILES string of the molecule is C=CCSc1ccccc1NC(=O)Cc1ccccc1OC. The summed E-state index contributed by atoms with van der Waals surface area (Å²) >= 11 is 1.65. The van der Waals surface area contributed by atoms with E-state index in [0.29, 0.717) is 0 Å². The molecular weight excluding hydrogens is 294 g/mol. The lowest BCUT2D eigenvalue weighted by Gasteiger charge is -2.11. The molecule has 0 bridgehead atoms. The summed E-state index contributed by atoms with van der Waals surface area (Å²) in [6.07, 6.45) is 2.13. The summed E-state index contributed by atoms with van der Waals surface area (Å²) in [4.78, 5) is 13.3. The van der Waals surface area contributed by atoms with Crippen LogP contribution in [0.5, 0.6) is 5.75 Å². The fourth-order valence-corrected chi connectivity index (χ4v) is 2.81. The van der Waals surface area contributed by atoms with Gasteiger partial charge in [0.05, 0.1) is 19.2 Å². The van der Waals surface area contributed by atoms with Crippen LogP contribution >= 0.6 is 11.8 Å². The Kier molecular flexibility index (Phi) is 6.10. The van der Waals surface area contributed by atoms with E-state index in [1.54, 1.807) is 18.9 Å². The highest BCUT2D eigenvalue weighted by atomic mass is 32.2. The second kappa shape index (κ2) is 8.29. The van der Waals surface area contributed by atoms with E-state index in [4.69, 9.17) is 4.74 Å². The Balaban J connectivity index is 2.07. The number of ether oxygens (including phenoxy) is 1. The van der Waals surface area contributed by atoms with Gasteiger partial charge in [-0.3, -0.25) is 4.79 Å². The van der Waals surface area contributed by atoms with Crippen molar-refractivity contribution >= 4 is 23.4 Å². The van der Waals surface area contributed by atoms with Crippen LogP contribution in [0, 0.1) is 0 Å². The van der Waals surface area contributed by atoms with E-state index in [1.807, 2.05) is 54.6 Å². The van der Waals surface area contributed by atoms with E-state index in [0.717, 1.165) is 27.6 Å². The molecular formula is C18H19NO2S. The van der Waals surface area contributed by atoms with Gasteiger partial charge in [-0.15, -0.1) is 18.3 Å². The average molecular weight is 313 g/mol. The highest BCUT2D eigenvalue weighted by Crippen LogP contribution is 2.27. The Morgan fingerprint density at radius 2 is 1.95 bits per heavy atom. The van der Waals surface area contributed by atoms with Crippen LogP contribution in [0.15, 0.2) is 66.1 Å². The quantitative estimate of drug-likeness (QED) is 0.616. The van der Waals surface area contributed by atoms with Crippen LogP contribution in [0.25, 0.3) is 0 Å². The van der Waals surface area contributed by atoms with Crippen LogP contribution < -0.4 is 10.1 Å². The van der Waals surface area contributed by atoms with Crippen LogP contribution in [0.4, 0.5) is 5.69 Å². The van der Waals surface area contributed by atoms with Gasteiger partial charge >= 0.3 is 0 Å². The van der Waals surface area contributed by atoms with Gasteiger partial charge in [0, 0.05) is 16.2 Å². The number of nitrogens with one attached hydrogen (secondary N) is 1. The van der Waals surface area contributed by atoms with E-state index in [1.165, 1.54) is 0 Å². The molecule has 0 fully saturated rings. The smallest absolute Gasteiger partial charge is 0.228 e. The van der Waals surface area contributed by atoms with Crippen molar-refractivity contribution in [1.82, 2.24) is 0 Å². The third-order valence-electron chi connectivity index (χ3n) is 3.06. The van der Waals surface area contributed by atoms with Gasteiger partial charge in [0.2, 0.25) is 5.91 Å². The lowest BCUT2D eigenvalue weighted by molar-refractivity contribution is -0.115. The van der Waals surface area contributed by atoms with Gasteiger partial charge in [0.1, 0.15) is 5.75 Å². The predicted molar refractivity (Wildman–Crippen MR) is 92.7 cm³/mol. The van der Waals surface area contributed by atoms with Gasteiger partial charge in [-0.2, -0.15) is 0 Å². The highest BCUT2D eigenvalue weighted by molar-refractivity contribution is 7.99. The number of hydrogen-bond acceptors (Lipinski definition) is 3. The van der Waals surface area contributed by atoms with Crippen LogP contribution in [-0.2, 0) is 11.2 Å². The van der Waals surface area contributed by atoms with Gasteiger partial charge < -0.3 is 10.1 Å². The molecule has 0 aromatic heterocycles. The van der Waals surface area contributed by atoms with E-state index in [9.17, 15) is 4.79 Å². The maximum absolute atomic E-state index is 12.3. The molecule has 0 radical (unpaired) electrons. The first-order chi connectivity index (χ1) is 10.7. The Bertz CT molecular complexity index is 655. The molecule has 0 aliphatic heterocycles. The molecule has 1 N–H and O–H groups in total. The van der Waals surface area contributed by atoms with Crippen molar-refractivity contribution in [1.29, 1.82) is 0 Å². The van der Waals surface area contributed by atoms with Crippen LogP contribution in [-0.4, -0.2) is 18.8 Å². The fraction of sp³-hybridized carbons (Fsp3) is 0.167. The van der Waals surface area contributed by atoms with Crippen molar-refractivity contribution in [3.8, 4) is 5.75 Å². The maximum atomic E-state index is 12.3. The predicted octanol–water partition coefficient (Wildman–Crippen LogP) is 4.15. The molecule has 1 amide bonds. The zero-order valence-corrected chi connectivity index (χ0v) is 13.4. The largest absolute Gasteiger partial charge is 0.496 e. The molecule has 2 rings (SSSR count). The van der Waals surface area contributed by atoms with E-state index >= 15 is 0 Å². The fourth-order valence-electron chi connectivity index (χ4n) is 2.06. The minimum Gasteiger partial charge on any atom is -0.496 e. The molecule has 2 aromatic carbocycles. The number of carbonyl (C=O) groups excluding carboxylic acids is 1. The summed E-state index contributed by atoms with van der Waals surface area (Å²) in [5.74, 6) is 1.47. The average Bonchev–Trinajstić information content (AvgIpc) is 2.54. The van der Waals surface area contributed by atoms with Gasteiger partial charge in [-0.1, -0.05) is 36.4 Å². The summed E-state index contributed by atoms with van der Waals surface area (Å²) < 4.78 is 5.28. The third-order valence-corrected chi connectivity index (χ3v) is 4.13. The Morgan fingerprint density at radius 1 is 1.23 bits per heavy atom. The van der Waals surface area contributed by atoms with Crippen molar-refractivity contribution < 1.29 is 9.53 Å². The first kappa shape index (κ1) is 16.2. The monoisotopic (exact) mass is 313 g/mol. The molecule has 0 aliphatic rings. The minimum absolute atomic E-state index is 0.0591. The Hall–Kier alpha value is -2.20. The number of benzene rings is 2. The molecule has 0 unspecified atom stereocenters. The summed E-state index contributed by atoms with van der Waals surface area (Å²) in [7, 11) is 1.61. The number of rotatable bonds is 7. The molecule has 3 nitrogen and oxygen atoms in total. The zero-order chi connectivity index (χ0) is 15.8. The minimum atomic E-state index is -0.0591. The van der Waals surface area contributed by atoms with Crippen LogP contribution in [0.1, 0.15) is 5.56 Å². The topological polar surface area (TPSA) is 38.3 Å². The molecule has 0 spiro atoms. The van der Waals surface area contributed by atoms with Crippen LogP contribution in [0.3, 0.4) is 0 Å². The standard InChI is InChI=1S/C18H19NO2S/c1-3-12-22-17-11-7-5-9-15(17)19-18(20)13-14-8-4-6-10-16(14)21-2/h3-11H,1,12-13H2,2H3,(H,19,20). The van der Waals surface area contributed by atoms with Crippen molar-refractivity contribution in [2.45, 2.75) is 11.3 Å². The second-order valence-electron chi connectivity index (χ2n) is 4.63. The second-order valence-corrected chi connectivity index (χ2v) is 5.69. The summed E-state index contributed by atoms with van der Waals surface area (Å²) in [6.45, 7) is 3.72. The van der Waals surface area contributed by atoms with Crippen molar-refractivity contribution in [3.05, 3.63) is 66.7 Å². The number of para-hydroxylation sites is 2. The van der Waals surface area contributed by atoms with E-state index < -0.39 is 0 Å². The Morgan fingerprint density at radius 3 is 2.73 bits per heavy atom. The molecule has 4 heteroatoms.